The summed E-state index contributed by atoms with van der Waals surface area (Å²) in [5.74, 6) is -26.0. The third kappa shape index (κ3) is 36.9. The van der Waals surface area contributed by atoms with Gasteiger partial charge in [0.25, 0.3) is 0 Å². The topological polar surface area (TPSA) is 806 Å². The SMILES string of the molecule is CC(C)C[C@H](NC(=O)[C@H](CCCCN)NC(=O)[C@H](CCCNC(=N)N)NC(=O)[C@@H]1CCCN1C(=O)[C@H](CC(N)=O)NC(=O)[C@@H](NC(=O)[C@@H](N)[C@@H](C)O)[C@@H](C)O)C(=O)N[C@@H](Cc1ccc(O)cc1)C(=O)N[C@@H](CC(=O)O)C(=O)N[C@@H](Cc1ccc(O)cc1)C(=O)N[C@@H](C)C(=O)N[C@@H](CC(=O)O)C(=O)N[C@H](C(=O)N1CCC[C@H]1C(=O)N[C@@H](CCC(=O)O)C(=O)N[C@@H](C)C(=O)O)C(C)C. The molecule has 2 aromatic carbocycles. The lowest BCUT2D eigenvalue weighted by Gasteiger charge is -2.32. The first kappa shape index (κ1) is 110. The molecular weight excluding hydrogens is 1730 g/mol. The number of primary amides is 1. The summed E-state index contributed by atoms with van der Waals surface area (Å²) in [4.78, 5) is 276. The van der Waals surface area contributed by atoms with E-state index in [1.165, 1.54) is 69.3 Å². The summed E-state index contributed by atoms with van der Waals surface area (Å²) >= 11 is 0. The summed E-state index contributed by atoms with van der Waals surface area (Å²) in [7, 11) is 0. The summed E-state index contributed by atoms with van der Waals surface area (Å²) < 4.78 is 0. The van der Waals surface area contributed by atoms with Crippen molar-refractivity contribution >= 4 is 124 Å². The highest BCUT2D eigenvalue weighted by Gasteiger charge is 2.45. The van der Waals surface area contributed by atoms with Gasteiger partial charge in [-0.05, 0) is 152 Å². The van der Waals surface area contributed by atoms with E-state index in [-0.39, 0.29) is 113 Å². The van der Waals surface area contributed by atoms with Crippen molar-refractivity contribution in [2.24, 2.45) is 34.8 Å². The Morgan fingerprint density at radius 3 is 1.27 bits per heavy atom. The molecule has 2 aliphatic rings. The van der Waals surface area contributed by atoms with Crippen LogP contribution < -0.4 is 97.4 Å². The maximum Gasteiger partial charge on any atom is 0.325 e. The Morgan fingerprint density at radius 2 is 0.817 bits per heavy atom. The maximum absolute atomic E-state index is 14.9. The van der Waals surface area contributed by atoms with Gasteiger partial charge in [-0.15, -0.1) is 0 Å². The zero-order chi connectivity index (χ0) is 98.5. The number of phenolic OH excluding ortho intramolecular Hbond substituents is 2. The maximum atomic E-state index is 14.9. The molecule has 16 amide bonds. The van der Waals surface area contributed by atoms with E-state index in [2.05, 4.69) is 74.4 Å². The van der Waals surface area contributed by atoms with Gasteiger partial charge < -0.3 is 148 Å². The first-order valence-corrected chi connectivity index (χ1v) is 42.6. The highest BCUT2D eigenvalue weighted by atomic mass is 16.4. The number of unbranched alkanes of at least 4 members (excludes halogenated alkanes) is 1. The van der Waals surface area contributed by atoms with Crippen LogP contribution in [-0.2, 0) is 109 Å². The van der Waals surface area contributed by atoms with Crippen molar-refractivity contribution in [3.05, 3.63) is 59.7 Å². The molecule has 2 aromatic rings. The Hall–Kier alpha value is -13.4. The van der Waals surface area contributed by atoms with E-state index in [0.29, 0.717) is 0 Å². The molecule has 2 heterocycles. The van der Waals surface area contributed by atoms with Crippen LogP contribution in [0.15, 0.2) is 48.5 Å². The predicted molar refractivity (Wildman–Crippen MR) is 460 cm³/mol. The van der Waals surface area contributed by atoms with Crippen LogP contribution in [0.2, 0.25) is 0 Å². The van der Waals surface area contributed by atoms with Gasteiger partial charge in [-0.1, -0.05) is 52.0 Å². The number of phenols is 2. The standard InChI is InChI=1S/C82H125N21O28/c1-38(2)32-51(95-69(118)48(14-9-10-28-83)91-68(117)49(15-11-29-88-82(86)87)92-75(124)57-16-12-30-102(57)79(128)56(35-59(84)108)99-78(127)65(43(8)105)101-77(126)63(85)42(7)104)71(120)97-53(34-45-20-24-47(107)25-21-45)72(121)98-54(36-61(111)112)73(122)96-52(33-44-18-22-46(106)23-19-44)70(119)89-40(5)66(115)94-55(37-62(113)114)74(123)100-64(39(3)4)80(129)103-31-13-17-58(103)76(125)93-50(26-27-60(109)110)67(116)90-41(6)81(130)131/h18-25,38-43,48-58,63-65,104-107H,9-17,26-37,83,85H2,1-8H3,(H2,84,108)(H,89,119)(H,90,116)(H,91,117)(H,92,124)(H,93,125)(H,94,115)(H,95,118)(H,96,122)(H,97,120)(H,98,121)(H,99,127)(H,100,123)(H,101,126)(H,109,110)(H,111,112)(H,113,114)(H,130,131)(H4,86,87,88)/t40-,41-,42+,43+,48-,49-,50-,51-,52-,53-,54-,55-,56-,57-,58-,63-,64-,65-/m0/s1. The number of nitrogens with two attached hydrogens (primary N) is 4. The summed E-state index contributed by atoms with van der Waals surface area (Å²) in [6, 6.07) is -16.6. The predicted octanol–water partition coefficient (Wildman–Crippen LogP) is -7.84. The van der Waals surface area contributed by atoms with Gasteiger partial charge in [0.15, 0.2) is 5.96 Å². The Morgan fingerprint density at radius 1 is 0.420 bits per heavy atom. The minimum absolute atomic E-state index is 0.00467. The lowest BCUT2D eigenvalue weighted by molar-refractivity contribution is -0.145. The number of benzene rings is 2. The molecule has 49 heteroatoms. The molecule has 726 valence electrons. The Bertz CT molecular complexity index is 4390. The molecule has 0 unspecified atom stereocenters. The van der Waals surface area contributed by atoms with Crippen LogP contribution in [0.1, 0.15) is 163 Å². The molecule has 18 atom stereocenters. The Balaban J connectivity index is 1.64. The van der Waals surface area contributed by atoms with Gasteiger partial charge in [0.2, 0.25) is 94.5 Å². The molecule has 2 saturated heterocycles. The molecule has 0 saturated carbocycles. The fraction of sp³-hybridized carbons (Fsp3) is 0.598. The first-order valence-electron chi connectivity index (χ1n) is 42.6. The van der Waals surface area contributed by atoms with E-state index >= 15 is 0 Å². The Kier molecular flexibility index (Phi) is 44.9. The number of nitrogens with zero attached hydrogens (tertiary/aromatic N) is 2. The van der Waals surface area contributed by atoms with Crippen molar-refractivity contribution in [3.8, 4) is 11.5 Å². The second-order valence-corrected chi connectivity index (χ2v) is 32.9. The van der Waals surface area contributed by atoms with E-state index in [9.17, 15) is 137 Å². The number of carboxylic acid groups (broad SMARTS) is 4. The number of hydrogen-bond donors (Lipinski definition) is 27. The highest BCUT2D eigenvalue weighted by molar-refractivity contribution is 6.03. The number of guanidine groups is 1. The second-order valence-electron chi connectivity index (χ2n) is 32.9. The van der Waals surface area contributed by atoms with E-state index < -0.39 is 290 Å². The fourth-order valence-electron chi connectivity index (χ4n) is 14.0. The number of nitrogens with one attached hydrogen (secondary N) is 15. The van der Waals surface area contributed by atoms with Crippen molar-refractivity contribution in [2.75, 3.05) is 26.2 Å². The van der Waals surface area contributed by atoms with Crippen molar-refractivity contribution < 1.29 is 137 Å². The second kappa shape index (κ2) is 53.5. The molecule has 0 radical (unpaired) electrons. The van der Waals surface area contributed by atoms with E-state index in [1.54, 1.807) is 13.8 Å². The van der Waals surface area contributed by atoms with Crippen LogP contribution in [0.3, 0.4) is 0 Å². The van der Waals surface area contributed by atoms with Crippen LogP contribution in [0.5, 0.6) is 11.5 Å². The molecule has 2 fully saturated rings. The largest absolute Gasteiger partial charge is 0.508 e. The van der Waals surface area contributed by atoms with E-state index in [0.717, 1.165) is 30.6 Å². The average Bonchev–Trinajstić information content (AvgIpc) is 1.71. The van der Waals surface area contributed by atoms with Gasteiger partial charge in [0, 0.05) is 38.9 Å². The number of carboxylic acids is 4. The number of aliphatic hydroxyl groups is 2. The monoisotopic (exact) mass is 1850 g/mol. The summed E-state index contributed by atoms with van der Waals surface area (Å²) in [6.07, 6.45) is -8.24. The van der Waals surface area contributed by atoms with Gasteiger partial charge in [-0.2, -0.15) is 0 Å². The van der Waals surface area contributed by atoms with Crippen LogP contribution >= 0.6 is 0 Å². The molecule has 0 spiro atoms. The number of rotatable bonds is 55. The van der Waals surface area contributed by atoms with Crippen LogP contribution in [0.4, 0.5) is 0 Å². The molecule has 4 rings (SSSR count). The molecule has 0 aromatic heterocycles. The first-order chi connectivity index (χ1) is 61.4. The molecule has 2 aliphatic heterocycles. The lowest BCUT2D eigenvalue weighted by Crippen LogP contribution is -2.62. The zero-order valence-electron chi connectivity index (χ0n) is 74.0. The van der Waals surface area contributed by atoms with Gasteiger partial charge in [-0.3, -0.25) is 101 Å². The van der Waals surface area contributed by atoms with Crippen molar-refractivity contribution in [2.45, 2.75) is 273 Å². The molecule has 31 N–H and O–H groups in total. The number of aromatic hydroxyl groups is 2. The molecule has 49 nitrogen and oxygen atoms in total. The third-order valence-corrected chi connectivity index (χ3v) is 21.2. The summed E-state index contributed by atoms with van der Waals surface area (Å²) in [5.41, 5.74) is 23.0. The van der Waals surface area contributed by atoms with Gasteiger partial charge in [0.1, 0.15) is 108 Å². The zero-order valence-corrected chi connectivity index (χ0v) is 74.0. The van der Waals surface area contributed by atoms with Gasteiger partial charge in [-0.25, -0.2) is 0 Å². The Labute approximate surface area is 753 Å². The summed E-state index contributed by atoms with van der Waals surface area (Å²) in [5, 5.41) is 121. The number of amides is 16. The average molecular weight is 1850 g/mol. The van der Waals surface area contributed by atoms with Crippen LogP contribution in [0, 0.1) is 17.2 Å². The number of aliphatic carboxylic acids is 4. The van der Waals surface area contributed by atoms with Crippen molar-refractivity contribution in [1.82, 2.24) is 84.2 Å². The minimum atomic E-state index is -2.15. The minimum Gasteiger partial charge on any atom is -0.508 e. The lowest BCUT2D eigenvalue weighted by atomic mass is 9.99. The van der Waals surface area contributed by atoms with Crippen molar-refractivity contribution in [1.29, 1.82) is 5.41 Å². The fourth-order valence-corrected chi connectivity index (χ4v) is 14.0. The normalized spacial score (nSPS) is 17.2. The molecule has 0 aliphatic carbocycles. The van der Waals surface area contributed by atoms with E-state index in [4.69, 9.17) is 28.3 Å². The smallest absolute Gasteiger partial charge is 0.325 e. The number of carbonyl (C=O) groups excluding carboxylic acids is 16. The van der Waals surface area contributed by atoms with Gasteiger partial charge in [0.05, 0.1) is 31.5 Å². The number of aliphatic hydroxyl groups excluding tert-OH is 2. The van der Waals surface area contributed by atoms with Gasteiger partial charge >= 0.3 is 23.9 Å². The summed E-state index contributed by atoms with van der Waals surface area (Å²) in [6.45, 7) is 10.6. The highest BCUT2D eigenvalue weighted by Crippen LogP contribution is 2.24. The number of likely N-dealkylation sites (tertiary alicyclic amines) is 2. The molecule has 0 bridgehead atoms. The van der Waals surface area contributed by atoms with E-state index in [1.807, 2.05) is 0 Å². The molecule has 131 heavy (non-hydrogen) atoms. The quantitative estimate of drug-likeness (QED) is 0.0166. The van der Waals surface area contributed by atoms with Crippen LogP contribution in [0.25, 0.3) is 0 Å². The molecular formula is C82H125N21O28. The van der Waals surface area contributed by atoms with Crippen molar-refractivity contribution in [3.63, 3.8) is 0 Å². The van der Waals surface area contributed by atoms with Crippen LogP contribution in [-0.4, -0.2) is 310 Å². The number of carbonyl (C=O) groups is 20. The third-order valence-electron chi connectivity index (χ3n) is 21.2. The number of hydrogen-bond acceptors (Lipinski definition) is 27.